The molecule has 0 bridgehead atoms. The second-order valence-corrected chi connectivity index (χ2v) is 12.2. The van der Waals surface area contributed by atoms with Gasteiger partial charge in [0.05, 0.1) is 43.7 Å². The van der Waals surface area contributed by atoms with Crippen molar-refractivity contribution in [3.8, 4) is 0 Å². The minimum absolute atomic E-state index is 0.275. The molecular weight excluding hydrogens is 605 g/mol. The van der Waals surface area contributed by atoms with Gasteiger partial charge in [-0.15, -0.1) is 0 Å². The molecule has 0 spiro atoms. The minimum Gasteiger partial charge on any atom is -0.469 e. The smallest absolute Gasteiger partial charge is 0.308 e. The maximum Gasteiger partial charge on any atom is 0.308 e. The molecule has 1 fully saturated rings. The molecule has 0 radical (unpaired) electrons. The molecule has 8 nitrogen and oxygen atoms in total. The first-order chi connectivity index (χ1) is 18.7. The molecule has 4 heterocycles. The highest BCUT2D eigenvalue weighted by Crippen LogP contribution is 2.54. The standard InChI is InChI=1S/C26H16Cl3N3O5S2/c27-12-3-6-14(7-4-12)32-23(34)20-19(17-2-1-9-37-17)22-25(38-21(20)24(32)35)31(26(36)39-22)11-18(33)30-13-5-8-15(28)16(29)10-13/h1-10,19-21H,11H2,(H,30,33). The normalized spacial score (nSPS) is 20.2. The molecule has 3 amide bonds. The number of hydrogen-bond acceptors (Lipinski definition) is 7. The van der Waals surface area contributed by atoms with Crippen LogP contribution in [-0.2, 0) is 20.9 Å². The number of aromatic nitrogens is 1. The second kappa shape index (κ2) is 10.2. The molecular formula is C26H16Cl3N3O5S2. The molecule has 2 aliphatic heterocycles. The fourth-order valence-corrected chi connectivity index (χ4v) is 7.97. The summed E-state index contributed by atoms with van der Waals surface area (Å²) in [6, 6.07) is 14.5. The highest BCUT2D eigenvalue weighted by atomic mass is 35.5. The van der Waals surface area contributed by atoms with Crippen LogP contribution in [0.3, 0.4) is 0 Å². The molecule has 2 aromatic heterocycles. The number of halogens is 3. The third kappa shape index (κ3) is 4.60. The van der Waals surface area contributed by atoms with Crippen LogP contribution in [0.4, 0.5) is 11.4 Å². The van der Waals surface area contributed by atoms with Crippen LogP contribution in [-0.4, -0.2) is 27.5 Å². The number of rotatable bonds is 5. The van der Waals surface area contributed by atoms with Crippen molar-refractivity contribution < 1.29 is 18.8 Å². The van der Waals surface area contributed by atoms with Crippen LogP contribution in [0.15, 0.2) is 75.1 Å². The summed E-state index contributed by atoms with van der Waals surface area (Å²) in [6.07, 6.45) is 1.48. The van der Waals surface area contributed by atoms with E-state index in [0.29, 0.717) is 37.1 Å². The molecule has 2 aliphatic rings. The molecule has 4 aromatic rings. The zero-order valence-electron chi connectivity index (χ0n) is 19.6. The fourth-order valence-electron chi connectivity index (χ4n) is 4.79. The number of carbonyl (C=O) groups is 3. The quantitative estimate of drug-likeness (QED) is 0.279. The van der Waals surface area contributed by atoms with Crippen LogP contribution in [0.1, 0.15) is 16.6 Å². The zero-order chi connectivity index (χ0) is 27.4. The number of imide groups is 1. The topological polar surface area (TPSA) is 102 Å². The number of carbonyl (C=O) groups excluding carboxylic acids is 3. The summed E-state index contributed by atoms with van der Waals surface area (Å²) in [7, 11) is 0. The second-order valence-electron chi connectivity index (χ2n) is 8.85. The summed E-state index contributed by atoms with van der Waals surface area (Å²) < 4.78 is 7.02. The lowest BCUT2D eigenvalue weighted by atomic mass is 9.87. The van der Waals surface area contributed by atoms with Crippen molar-refractivity contribution in [2.45, 2.75) is 22.7 Å². The van der Waals surface area contributed by atoms with Gasteiger partial charge in [0.1, 0.15) is 17.6 Å². The van der Waals surface area contributed by atoms with Gasteiger partial charge < -0.3 is 9.73 Å². The van der Waals surface area contributed by atoms with Gasteiger partial charge in [0.25, 0.3) is 0 Å². The molecule has 2 aromatic carbocycles. The maximum atomic E-state index is 13.7. The Morgan fingerprint density at radius 3 is 2.44 bits per heavy atom. The van der Waals surface area contributed by atoms with Crippen molar-refractivity contribution in [3.05, 3.63) is 96.2 Å². The van der Waals surface area contributed by atoms with Gasteiger partial charge in [-0.2, -0.15) is 0 Å². The van der Waals surface area contributed by atoms with E-state index in [-0.39, 0.29) is 16.4 Å². The average Bonchev–Trinajstić information content (AvgIpc) is 3.60. The van der Waals surface area contributed by atoms with Crippen LogP contribution in [0, 0.1) is 5.92 Å². The van der Waals surface area contributed by atoms with Gasteiger partial charge in [-0.25, -0.2) is 4.90 Å². The first-order valence-corrected chi connectivity index (χ1v) is 14.4. The molecule has 1 N–H and O–H groups in total. The summed E-state index contributed by atoms with van der Waals surface area (Å²) in [5, 5.41) is 3.44. The van der Waals surface area contributed by atoms with E-state index in [2.05, 4.69) is 5.32 Å². The highest BCUT2D eigenvalue weighted by Gasteiger charge is 2.57. The number of anilines is 2. The average molecular weight is 621 g/mol. The summed E-state index contributed by atoms with van der Waals surface area (Å²) in [4.78, 5) is 54.8. The highest BCUT2D eigenvalue weighted by molar-refractivity contribution is 8.00. The zero-order valence-corrected chi connectivity index (χ0v) is 23.5. The first kappa shape index (κ1) is 26.2. The number of amides is 3. The molecule has 0 aliphatic carbocycles. The molecule has 6 rings (SSSR count). The van der Waals surface area contributed by atoms with Crippen molar-refractivity contribution in [1.29, 1.82) is 0 Å². The summed E-state index contributed by atoms with van der Waals surface area (Å²) in [6.45, 7) is -0.302. The Morgan fingerprint density at radius 1 is 0.974 bits per heavy atom. The summed E-state index contributed by atoms with van der Waals surface area (Å²) >= 11 is 20.1. The van der Waals surface area contributed by atoms with Gasteiger partial charge in [-0.1, -0.05) is 57.9 Å². The third-order valence-electron chi connectivity index (χ3n) is 6.49. The Bertz CT molecular complexity index is 1680. The fraction of sp³-hybridized carbons (Fsp3) is 0.154. The summed E-state index contributed by atoms with van der Waals surface area (Å²) in [5.41, 5.74) is 0.826. The van der Waals surface area contributed by atoms with Gasteiger partial charge >= 0.3 is 4.87 Å². The Morgan fingerprint density at radius 2 is 1.74 bits per heavy atom. The van der Waals surface area contributed by atoms with E-state index in [1.165, 1.54) is 16.9 Å². The molecule has 39 heavy (non-hydrogen) atoms. The SMILES string of the molecule is O=C(Cn1c2c(sc1=O)C(c1ccco1)C1C(=O)N(c3ccc(Cl)cc3)C(=O)C1S2)Nc1ccc(Cl)c(Cl)c1. The third-order valence-corrected chi connectivity index (χ3v) is 10.1. The van der Waals surface area contributed by atoms with Crippen LogP contribution >= 0.6 is 57.9 Å². The van der Waals surface area contributed by atoms with Crippen molar-refractivity contribution in [2.24, 2.45) is 5.92 Å². The summed E-state index contributed by atoms with van der Waals surface area (Å²) in [5.74, 6) is -2.29. The van der Waals surface area contributed by atoms with E-state index in [4.69, 9.17) is 39.2 Å². The maximum absolute atomic E-state index is 13.7. The van der Waals surface area contributed by atoms with E-state index in [1.807, 2.05) is 0 Å². The van der Waals surface area contributed by atoms with E-state index in [1.54, 1.807) is 48.5 Å². The van der Waals surface area contributed by atoms with Crippen LogP contribution in [0.2, 0.25) is 15.1 Å². The Hall–Kier alpha value is -3.02. The van der Waals surface area contributed by atoms with Crippen molar-refractivity contribution >= 4 is 87.0 Å². The lowest BCUT2D eigenvalue weighted by Gasteiger charge is -2.29. The van der Waals surface area contributed by atoms with E-state index in [0.717, 1.165) is 28.0 Å². The van der Waals surface area contributed by atoms with Crippen molar-refractivity contribution in [3.63, 3.8) is 0 Å². The number of thioether (sulfide) groups is 1. The molecule has 198 valence electrons. The van der Waals surface area contributed by atoms with E-state index < -0.39 is 34.8 Å². The number of furan rings is 1. The lowest BCUT2D eigenvalue weighted by Crippen LogP contribution is -2.32. The van der Waals surface area contributed by atoms with E-state index >= 15 is 0 Å². The number of hydrogen-bond donors (Lipinski definition) is 1. The minimum atomic E-state index is -0.825. The van der Waals surface area contributed by atoms with Crippen molar-refractivity contribution in [1.82, 2.24) is 4.57 Å². The van der Waals surface area contributed by atoms with Crippen LogP contribution < -0.4 is 15.1 Å². The van der Waals surface area contributed by atoms with Gasteiger partial charge in [-0.3, -0.25) is 23.7 Å². The largest absolute Gasteiger partial charge is 0.469 e. The Labute approximate surface area is 244 Å². The number of nitrogens with one attached hydrogen (secondary N) is 1. The molecule has 0 saturated carbocycles. The number of fused-ring (bicyclic) bond motifs is 2. The molecule has 13 heteroatoms. The Balaban J connectivity index is 1.37. The first-order valence-electron chi connectivity index (χ1n) is 11.5. The molecule has 3 unspecified atom stereocenters. The van der Waals surface area contributed by atoms with Gasteiger partial charge in [0.15, 0.2) is 0 Å². The van der Waals surface area contributed by atoms with Crippen LogP contribution in [0.25, 0.3) is 0 Å². The number of benzene rings is 2. The van der Waals surface area contributed by atoms with E-state index in [9.17, 15) is 19.2 Å². The molecule has 3 atom stereocenters. The van der Waals surface area contributed by atoms with Gasteiger partial charge in [0.2, 0.25) is 17.7 Å². The lowest BCUT2D eigenvalue weighted by molar-refractivity contribution is -0.122. The number of thiazole rings is 1. The van der Waals surface area contributed by atoms with Gasteiger partial charge in [0, 0.05) is 10.7 Å². The van der Waals surface area contributed by atoms with Gasteiger partial charge in [-0.05, 0) is 54.6 Å². The van der Waals surface area contributed by atoms with Crippen LogP contribution in [0.5, 0.6) is 0 Å². The molecule has 1 saturated heterocycles. The predicted molar refractivity (Wildman–Crippen MR) is 151 cm³/mol. The predicted octanol–water partition coefficient (Wildman–Crippen LogP) is 5.90. The monoisotopic (exact) mass is 619 g/mol. The Kier molecular flexibility index (Phi) is 6.84. The van der Waals surface area contributed by atoms with Crippen molar-refractivity contribution in [2.75, 3.05) is 10.2 Å². The number of nitrogens with zero attached hydrogens (tertiary/aromatic N) is 2.